The van der Waals surface area contributed by atoms with Crippen LogP contribution in [0.3, 0.4) is 0 Å². The highest BCUT2D eigenvalue weighted by atomic mass is 35.5. The Balaban J connectivity index is 1.68. The summed E-state index contributed by atoms with van der Waals surface area (Å²) in [5, 5.41) is 16.3. The SMILES string of the molecule is CC(C)c1ccc([C@@H]2C[C@@H](c3cccc(Cl)c3)n3nnnc3N2)cc1. The van der Waals surface area contributed by atoms with E-state index >= 15 is 0 Å². The third-order valence-electron chi connectivity index (χ3n) is 4.79. The van der Waals surface area contributed by atoms with Crippen LogP contribution in [0.4, 0.5) is 5.95 Å². The minimum Gasteiger partial charge on any atom is -0.346 e. The zero-order chi connectivity index (χ0) is 17.4. The summed E-state index contributed by atoms with van der Waals surface area (Å²) in [6, 6.07) is 16.9. The average Bonchev–Trinajstić information content (AvgIpc) is 3.09. The maximum absolute atomic E-state index is 6.19. The predicted molar refractivity (Wildman–Crippen MR) is 98.9 cm³/mol. The number of tetrazole rings is 1. The molecule has 25 heavy (non-hydrogen) atoms. The lowest BCUT2D eigenvalue weighted by Gasteiger charge is -2.31. The van der Waals surface area contributed by atoms with Crippen LogP contribution >= 0.6 is 11.6 Å². The molecule has 4 rings (SSSR count). The van der Waals surface area contributed by atoms with E-state index in [0.29, 0.717) is 11.9 Å². The molecule has 3 aromatic rings. The van der Waals surface area contributed by atoms with Gasteiger partial charge in [0.25, 0.3) is 0 Å². The zero-order valence-corrected chi connectivity index (χ0v) is 15.0. The van der Waals surface area contributed by atoms with Crippen molar-refractivity contribution in [1.82, 2.24) is 20.2 Å². The highest BCUT2D eigenvalue weighted by Gasteiger charge is 2.30. The van der Waals surface area contributed by atoms with Crippen LogP contribution in [-0.2, 0) is 0 Å². The lowest BCUT2D eigenvalue weighted by Crippen LogP contribution is -2.28. The van der Waals surface area contributed by atoms with E-state index in [9.17, 15) is 0 Å². The molecule has 0 amide bonds. The Morgan fingerprint density at radius 3 is 2.64 bits per heavy atom. The quantitative estimate of drug-likeness (QED) is 0.747. The Labute approximate surface area is 152 Å². The average molecular weight is 354 g/mol. The molecule has 2 aromatic carbocycles. The van der Waals surface area contributed by atoms with Crippen molar-refractivity contribution >= 4 is 17.5 Å². The van der Waals surface area contributed by atoms with Crippen molar-refractivity contribution in [2.24, 2.45) is 0 Å². The number of halogens is 1. The molecule has 1 aliphatic rings. The molecule has 2 heterocycles. The molecule has 0 bridgehead atoms. The fraction of sp³-hybridized carbons (Fsp3) is 0.316. The van der Waals surface area contributed by atoms with Crippen LogP contribution in [0.15, 0.2) is 48.5 Å². The number of nitrogens with one attached hydrogen (secondary N) is 1. The minimum absolute atomic E-state index is 0.0553. The maximum Gasteiger partial charge on any atom is 0.243 e. The lowest BCUT2D eigenvalue weighted by molar-refractivity contribution is 0.424. The molecule has 0 saturated heterocycles. The van der Waals surface area contributed by atoms with Crippen molar-refractivity contribution in [1.29, 1.82) is 0 Å². The number of fused-ring (bicyclic) bond motifs is 1. The number of rotatable bonds is 3. The molecule has 1 aliphatic heterocycles. The van der Waals surface area contributed by atoms with Crippen LogP contribution in [0.25, 0.3) is 0 Å². The van der Waals surface area contributed by atoms with Crippen molar-refractivity contribution in [2.45, 2.75) is 38.3 Å². The molecule has 0 aliphatic carbocycles. The summed E-state index contributed by atoms with van der Waals surface area (Å²) in [5.74, 6) is 1.22. The van der Waals surface area contributed by atoms with Gasteiger partial charge in [-0.25, -0.2) is 4.68 Å². The first kappa shape index (κ1) is 16.1. The van der Waals surface area contributed by atoms with Gasteiger partial charge in [0.05, 0.1) is 12.1 Å². The summed E-state index contributed by atoms with van der Waals surface area (Å²) in [6.07, 6.45) is 0.861. The molecule has 1 aromatic heterocycles. The molecule has 128 valence electrons. The van der Waals surface area contributed by atoms with E-state index in [1.54, 1.807) is 0 Å². The van der Waals surface area contributed by atoms with E-state index in [0.717, 1.165) is 17.0 Å². The Bertz CT molecular complexity index is 872. The molecule has 0 saturated carbocycles. The fourth-order valence-electron chi connectivity index (χ4n) is 3.36. The van der Waals surface area contributed by atoms with Crippen LogP contribution in [0.5, 0.6) is 0 Å². The van der Waals surface area contributed by atoms with Gasteiger partial charge in [-0.15, -0.1) is 0 Å². The van der Waals surface area contributed by atoms with E-state index in [4.69, 9.17) is 11.6 Å². The largest absolute Gasteiger partial charge is 0.346 e. The van der Waals surface area contributed by atoms with Crippen LogP contribution in [-0.4, -0.2) is 20.2 Å². The molecular weight excluding hydrogens is 334 g/mol. The van der Waals surface area contributed by atoms with Gasteiger partial charge in [0, 0.05) is 5.02 Å². The molecule has 6 heteroatoms. The smallest absolute Gasteiger partial charge is 0.243 e. The van der Waals surface area contributed by atoms with Crippen molar-refractivity contribution in [2.75, 3.05) is 5.32 Å². The normalized spacial score (nSPS) is 19.5. The van der Waals surface area contributed by atoms with Gasteiger partial charge in [-0.05, 0) is 51.6 Å². The topological polar surface area (TPSA) is 55.6 Å². The van der Waals surface area contributed by atoms with Crippen LogP contribution < -0.4 is 5.32 Å². The van der Waals surface area contributed by atoms with Gasteiger partial charge in [0.15, 0.2) is 0 Å². The standard InChI is InChI=1S/C19H20ClN5/c1-12(2)13-6-8-14(9-7-13)17-11-18(15-4-3-5-16(20)10-15)25-19(21-17)22-23-24-25/h3-10,12,17-18H,11H2,1-2H3,(H,21,22,24)/t17-,18-/m0/s1. The summed E-state index contributed by atoms with van der Waals surface area (Å²) in [7, 11) is 0. The molecular formula is C19H20ClN5. The van der Waals surface area contributed by atoms with Crippen molar-refractivity contribution in [3.63, 3.8) is 0 Å². The summed E-state index contributed by atoms with van der Waals surface area (Å²) in [6.45, 7) is 4.41. The summed E-state index contributed by atoms with van der Waals surface area (Å²) >= 11 is 6.19. The first-order chi connectivity index (χ1) is 12.1. The van der Waals surface area contributed by atoms with Crippen LogP contribution in [0, 0.1) is 0 Å². The summed E-state index contributed by atoms with van der Waals surface area (Å²) in [5.41, 5.74) is 3.70. The Morgan fingerprint density at radius 1 is 1.12 bits per heavy atom. The third kappa shape index (κ3) is 3.12. The van der Waals surface area contributed by atoms with Gasteiger partial charge in [0.1, 0.15) is 0 Å². The maximum atomic E-state index is 6.19. The monoisotopic (exact) mass is 353 g/mol. The van der Waals surface area contributed by atoms with Gasteiger partial charge in [0.2, 0.25) is 5.95 Å². The number of anilines is 1. The second kappa shape index (κ2) is 6.48. The predicted octanol–water partition coefficient (Wildman–Crippen LogP) is 4.60. The van der Waals surface area contributed by atoms with E-state index in [1.807, 2.05) is 22.9 Å². The summed E-state index contributed by atoms with van der Waals surface area (Å²) < 4.78 is 1.84. The van der Waals surface area contributed by atoms with E-state index < -0.39 is 0 Å². The Morgan fingerprint density at radius 2 is 1.92 bits per heavy atom. The number of hydrogen-bond acceptors (Lipinski definition) is 4. The highest BCUT2D eigenvalue weighted by molar-refractivity contribution is 6.30. The van der Waals surface area contributed by atoms with E-state index in [2.05, 4.69) is 65.0 Å². The van der Waals surface area contributed by atoms with Gasteiger partial charge < -0.3 is 5.32 Å². The second-order valence-corrected chi connectivity index (χ2v) is 7.21. The van der Waals surface area contributed by atoms with E-state index in [1.165, 1.54) is 11.1 Å². The third-order valence-corrected chi connectivity index (χ3v) is 5.02. The highest BCUT2D eigenvalue weighted by Crippen LogP contribution is 2.37. The fourth-order valence-corrected chi connectivity index (χ4v) is 3.56. The minimum atomic E-state index is 0.0553. The van der Waals surface area contributed by atoms with E-state index in [-0.39, 0.29) is 12.1 Å². The first-order valence-corrected chi connectivity index (χ1v) is 8.89. The molecule has 0 unspecified atom stereocenters. The lowest BCUT2D eigenvalue weighted by atomic mass is 9.92. The first-order valence-electron chi connectivity index (χ1n) is 8.51. The molecule has 0 spiro atoms. The van der Waals surface area contributed by atoms with Crippen molar-refractivity contribution in [3.8, 4) is 0 Å². The molecule has 5 nitrogen and oxygen atoms in total. The molecule has 1 N–H and O–H groups in total. The summed E-state index contributed by atoms with van der Waals surface area (Å²) in [4.78, 5) is 0. The number of hydrogen-bond donors (Lipinski definition) is 1. The van der Waals surface area contributed by atoms with Gasteiger partial charge in [-0.2, -0.15) is 0 Å². The van der Waals surface area contributed by atoms with Crippen LogP contribution in [0.1, 0.15) is 55.0 Å². The van der Waals surface area contributed by atoms with Crippen LogP contribution in [0.2, 0.25) is 5.02 Å². The van der Waals surface area contributed by atoms with Gasteiger partial charge >= 0.3 is 0 Å². The molecule has 0 fully saturated rings. The number of benzene rings is 2. The van der Waals surface area contributed by atoms with Gasteiger partial charge in [-0.1, -0.05) is 66.9 Å². The zero-order valence-electron chi connectivity index (χ0n) is 14.2. The number of nitrogens with zero attached hydrogens (tertiary/aromatic N) is 4. The Hall–Kier alpha value is -2.40. The van der Waals surface area contributed by atoms with Gasteiger partial charge in [-0.3, -0.25) is 0 Å². The molecule has 0 radical (unpaired) electrons. The van der Waals surface area contributed by atoms with Crippen molar-refractivity contribution in [3.05, 3.63) is 70.2 Å². The molecule has 2 atom stereocenters. The second-order valence-electron chi connectivity index (χ2n) is 6.77. The van der Waals surface area contributed by atoms with Crippen molar-refractivity contribution < 1.29 is 0 Å². The Kier molecular flexibility index (Phi) is 4.17. The number of aromatic nitrogens is 4.